The second-order valence-electron chi connectivity index (χ2n) is 7.01. The smallest absolute Gasteiger partial charge is 0.190 e. The molecule has 3 heterocycles. The summed E-state index contributed by atoms with van der Waals surface area (Å²) in [5.74, 6) is 2.57. The number of nitrogens with one attached hydrogen (secondary N) is 2. The highest BCUT2D eigenvalue weighted by Gasteiger charge is 2.20. The Hall–Kier alpha value is -1.86. The summed E-state index contributed by atoms with van der Waals surface area (Å²) < 4.78 is 5.36. The highest BCUT2D eigenvalue weighted by Crippen LogP contribution is 2.19. The zero-order valence-corrected chi connectivity index (χ0v) is 17.2. The van der Waals surface area contributed by atoms with Gasteiger partial charge in [-0.15, -0.1) is 11.3 Å². The van der Waals surface area contributed by atoms with Gasteiger partial charge in [-0.3, -0.25) is 9.89 Å². The molecule has 2 N–H and O–H groups in total. The molecule has 1 aliphatic heterocycles. The minimum atomic E-state index is 0.700. The molecule has 0 radical (unpaired) electrons. The van der Waals surface area contributed by atoms with Crippen LogP contribution in [0, 0.1) is 5.92 Å². The van der Waals surface area contributed by atoms with Crippen molar-refractivity contribution in [2.75, 3.05) is 33.2 Å². The van der Waals surface area contributed by atoms with Gasteiger partial charge in [0.2, 0.25) is 0 Å². The molecule has 0 atom stereocenters. The number of hydrogen-bond donors (Lipinski definition) is 2. The van der Waals surface area contributed by atoms with Gasteiger partial charge in [0, 0.05) is 38.5 Å². The van der Waals surface area contributed by atoms with E-state index in [4.69, 9.17) is 9.40 Å². The SMILES string of the molecule is CCc1nc(CN2CCC(CNC(=NC)NCCc3ccco3)CC2)cs1. The average Bonchev–Trinajstić information content (AvgIpc) is 3.37. The van der Waals surface area contributed by atoms with Crippen LogP contribution in [-0.4, -0.2) is 49.1 Å². The predicted molar refractivity (Wildman–Crippen MR) is 111 cm³/mol. The number of rotatable bonds is 8. The second-order valence-corrected chi connectivity index (χ2v) is 7.96. The molecule has 1 saturated heterocycles. The van der Waals surface area contributed by atoms with Crippen LogP contribution in [0.4, 0.5) is 0 Å². The lowest BCUT2D eigenvalue weighted by Gasteiger charge is -2.31. The molecule has 2 aromatic heterocycles. The van der Waals surface area contributed by atoms with Crippen molar-refractivity contribution in [2.24, 2.45) is 10.9 Å². The molecule has 0 saturated carbocycles. The number of guanidine groups is 1. The van der Waals surface area contributed by atoms with Crippen molar-refractivity contribution in [1.82, 2.24) is 20.5 Å². The molecule has 0 aromatic carbocycles. The Bertz CT molecular complexity index is 689. The fourth-order valence-corrected chi connectivity index (χ4v) is 4.12. The van der Waals surface area contributed by atoms with Crippen LogP contribution in [0.25, 0.3) is 0 Å². The molecular weight excluding hydrogens is 358 g/mol. The maximum atomic E-state index is 5.36. The van der Waals surface area contributed by atoms with E-state index in [1.54, 1.807) is 17.6 Å². The van der Waals surface area contributed by atoms with E-state index in [0.717, 1.165) is 57.3 Å². The highest BCUT2D eigenvalue weighted by molar-refractivity contribution is 7.09. The number of thiazole rings is 1. The standard InChI is InChI=1S/C20H31N5OS/c1-3-19-24-17(15-27-19)14-25-10-7-16(8-11-25)13-23-20(21-2)22-9-6-18-5-4-12-26-18/h4-5,12,15-16H,3,6-11,13-14H2,1-2H3,(H2,21,22,23). The van der Waals surface area contributed by atoms with Gasteiger partial charge in [0.25, 0.3) is 0 Å². The van der Waals surface area contributed by atoms with Crippen LogP contribution in [0.3, 0.4) is 0 Å². The largest absolute Gasteiger partial charge is 0.469 e. The number of piperidine rings is 1. The third-order valence-corrected chi connectivity index (χ3v) is 6.06. The first-order valence-corrected chi connectivity index (χ1v) is 10.8. The first-order valence-electron chi connectivity index (χ1n) is 9.89. The predicted octanol–water partition coefficient (Wildman–Crippen LogP) is 2.92. The normalized spacial score (nSPS) is 16.6. The summed E-state index contributed by atoms with van der Waals surface area (Å²) >= 11 is 1.78. The lowest BCUT2D eigenvalue weighted by atomic mass is 9.97. The minimum Gasteiger partial charge on any atom is -0.469 e. The van der Waals surface area contributed by atoms with E-state index in [1.165, 1.54) is 23.5 Å². The Morgan fingerprint density at radius 1 is 1.37 bits per heavy atom. The van der Waals surface area contributed by atoms with Crippen molar-refractivity contribution in [3.8, 4) is 0 Å². The molecule has 2 aromatic rings. The fraction of sp³-hybridized carbons (Fsp3) is 0.600. The Labute approximate surface area is 166 Å². The van der Waals surface area contributed by atoms with Crippen molar-refractivity contribution < 1.29 is 4.42 Å². The van der Waals surface area contributed by atoms with Crippen molar-refractivity contribution in [1.29, 1.82) is 0 Å². The summed E-state index contributed by atoms with van der Waals surface area (Å²) in [6.07, 6.45) is 6.06. The number of aliphatic imine (C=N–C) groups is 1. The summed E-state index contributed by atoms with van der Waals surface area (Å²) in [5.41, 5.74) is 1.23. The van der Waals surface area contributed by atoms with E-state index in [1.807, 2.05) is 19.2 Å². The molecule has 0 amide bonds. The Balaban J connectivity index is 1.32. The van der Waals surface area contributed by atoms with Gasteiger partial charge in [0.05, 0.1) is 17.0 Å². The first kappa shape index (κ1) is 19.9. The van der Waals surface area contributed by atoms with Crippen LogP contribution in [0.2, 0.25) is 0 Å². The number of furan rings is 1. The number of likely N-dealkylation sites (tertiary alicyclic amines) is 1. The average molecular weight is 390 g/mol. The fourth-order valence-electron chi connectivity index (χ4n) is 3.38. The molecule has 0 aliphatic carbocycles. The maximum absolute atomic E-state index is 5.36. The number of aryl methyl sites for hydroxylation is 1. The van der Waals surface area contributed by atoms with Gasteiger partial charge < -0.3 is 15.1 Å². The molecule has 0 unspecified atom stereocenters. The Morgan fingerprint density at radius 2 is 2.22 bits per heavy atom. The van der Waals surface area contributed by atoms with Crippen molar-refractivity contribution >= 4 is 17.3 Å². The van der Waals surface area contributed by atoms with Crippen LogP contribution in [-0.2, 0) is 19.4 Å². The third-order valence-electron chi connectivity index (χ3n) is 5.02. The van der Waals surface area contributed by atoms with Gasteiger partial charge in [-0.05, 0) is 50.4 Å². The zero-order chi connectivity index (χ0) is 18.9. The minimum absolute atomic E-state index is 0.700. The summed E-state index contributed by atoms with van der Waals surface area (Å²) in [6, 6.07) is 3.92. The molecule has 6 nitrogen and oxygen atoms in total. The van der Waals surface area contributed by atoms with Crippen molar-refractivity contribution in [3.63, 3.8) is 0 Å². The highest BCUT2D eigenvalue weighted by atomic mass is 32.1. The maximum Gasteiger partial charge on any atom is 0.190 e. The van der Waals surface area contributed by atoms with Gasteiger partial charge in [-0.2, -0.15) is 0 Å². The van der Waals surface area contributed by atoms with Crippen LogP contribution < -0.4 is 10.6 Å². The summed E-state index contributed by atoms with van der Waals surface area (Å²) in [7, 11) is 1.82. The molecule has 7 heteroatoms. The molecule has 148 valence electrons. The monoisotopic (exact) mass is 389 g/mol. The van der Waals surface area contributed by atoms with Gasteiger partial charge in [-0.1, -0.05) is 6.92 Å². The Morgan fingerprint density at radius 3 is 2.89 bits per heavy atom. The van der Waals surface area contributed by atoms with Gasteiger partial charge in [0.15, 0.2) is 5.96 Å². The molecule has 1 fully saturated rings. The first-order chi connectivity index (χ1) is 13.3. The van der Waals surface area contributed by atoms with Crippen molar-refractivity contribution in [2.45, 2.75) is 39.2 Å². The van der Waals surface area contributed by atoms with Gasteiger partial charge in [0.1, 0.15) is 5.76 Å². The molecule has 1 aliphatic rings. The molecule has 0 spiro atoms. The summed E-state index contributed by atoms with van der Waals surface area (Å²) in [5, 5.41) is 10.3. The molecule has 27 heavy (non-hydrogen) atoms. The lowest BCUT2D eigenvalue weighted by molar-refractivity contribution is 0.176. The molecular formula is C20H31N5OS. The van der Waals surface area contributed by atoms with Crippen LogP contribution >= 0.6 is 11.3 Å². The van der Waals surface area contributed by atoms with E-state index in [2.05, 4.69) is 32.8 Å². The number of aromatic nitrogens is 1. The van der Waals surface area contributed by atoms with Crippen LogP contribution in [0.1, 0.15) is 36.2 Å². The molecule has 3 rings (SSSR count). The second kappa shape index (κ2) is 10.5. The van der Waals surface area contributed by atoms with Crippen LogP contribution in [0.5, 0.6) is 0 Å². The zero-order valence-electron chi connectivity index (χ0n) is 16.4. The van der Waals surface area contributed by atoms with E-state index < -0.39 is 0 Å². The third kappa shape index (κ3) is 6.36. The van der Waals surface area contributed by atoms with Gasteiger partial charge >= 0.3 is 0 Å². The summed E-state index contributed by atoms with van der Waals surface area (Å²) in [4.78, 5) is 11.5. The van der Waals surface area contributed by atoms with E-state index >= 15 is 0 Å². The number of nitrogens with zero attached hydrogens (tertiary/aromatic N) is 3. The quantitative estimate of drug-likeness (QED) is 0.537. The van der Waals surface area contributed by atoms with E-state index in [9.17, 15) is 0 Å². The summed E-state index contributed by atoms with van der Waals surface area (Å²) in [6.45, 7) is 7.25. The van der Waals surface area contributed by atoms with E-state index in [-0.39, 0.29) is 0 Å². The molecule has 0 bridgehead atoms. The van der Waals surface area contributed by atoms with Gasteiger partial charge in [-0.25, -0.2) is 4.98 Å². The topological polar surface area (TPSA) is 65.7 Å². The lowest BCUT2D eigenvalue weighted by Crippen LogP contribution is -2.43. The van der Waals surface area contributed by atoms with E-state index in [0.29, 0.717) is 5.92 Å². The van der Waals surface area contributed by atoms with Crippen molar-refractivity contribution in [3.05, 3.63) is 40.2 Å². The number of hydrogen-bond acceptors (Lipinski definition) is 5. The van der Waals surface area contributed by atoms with Crippen LogP contribution in [0.15, 0.2) is 33.2 Å². The Kier molecular flexibility index (Phi) is 7.71.